The van der Waals surface area contributed by atoms with Gasteiger partial charge in [0, 0.05) is 0 Å². The van der Waals surface area contributed by atoms with Crippen molar-refractivity contribution in [3.63, 3.8) is 0 Å². The lowest BCUT2D eigenvalue weighted by atomic mass is 9.74. The van der Waals surface area contributed by atoms with Crippen molar-refractivity contribution in [1.29, 1.82) is 0 Å². The van der Waals surface area contributed by atoms with Gasteiger partial charge in [0.05, 0.1) is 0 Å². The minimum Gasteiger partial charge on any atom is -0.0989 e. The average molecular weight is 443 g/mol. The smallest absolute Gasteiger partial charge is 0.0989 e. The zero-order valence-corrected chi connectivity index (χ0v) is 17.8. The second kappa shape index (κ2) is 9.19. The lowest BCUT2D eigenvalue weighted by molar-refractivity contribution is -0.571. The molecule has 130 valence electrons. The summed E-state index contributed by atoms with van der Waals surface area (Å²) in [6.07, 6.45) is 8.73. The topological polar surface area (TPSA) is 0 Å². The molecule has 2 aromatic rings. The summed E-state index contributed by atoms with van der Waals surface area (Å²) in [5, 5.41) is 0. The molecular weight excluding hydrogens is 415 g/mol. The van der Waals surface area contributed by atoms with Gasteiger partial charge in [-0.15, -0.1) is 0 Å². The zero-order chi connectivity index (χ0) is 18.3. The van der Waals surface area contributed by atoms with E-state index in [2.05, 4.69) is 107 Å². The Bertz CT molecular complexity index is 733. The van der Waals surface area contributed by atoms with Gasteiger partial charge in [-0.1, -0.05) is 87.5 Å². The molecule has 0 aliphatic rings. The van der Waals surface area contributed by atoms with E-state index in [4.69, 9.17) is 0 Å². The average Bonchev–Trinajstić information content (AvgIpc) is 2.62. The highest BCUT2D eigenvalue weighted by Gasteiger charge is 2.26. The Morgan fingerprint density at radius 1 is 1.04 bits per heavy atom. The monoisotopic (exact) mass is 443 g/mol. The number of rotatable bonds is 7. The third kappa shape index (κ3) is 5.71. The van der Waals surface area contributed by atoms with Gasteiger partial charge >= 0.3 is 21.2 Å². The normalized spacial score (nSPS) is 13.8. The van der Waals surface area contributed by atoms with Gasteiger partial charge in [-0.3, -0.25) is 0 Å². The highest BCUT2D eigenvalue weighted by Crippen LogP contribution is 2.32. The molecule has 0 aliphatic heterocycles. The van der Waals surface area contributed by atoms with Gasteiger partial charge in [0.2, 0.25) is 0 Å². The molecule has 0 saturated heterocycles. The van der Waals surface area contributed by atoms with Crippen molar-refractivity contribution < 1.29 is 21.2 Å². The number of aryl methyl sites for hydroxylation is 1. The summed E-state index contributed by atoms with van der Waals surface area (Å²) >= 11 is -0.179. The van der Waals surface area contributed by atoms with Crippen LogP contribution in [0.3, 0.4) is 0 Å². The van der Waals surface area contributed by atoms with E-state index in [1.807, 2.05) is 6.08 Å². The van der Waals surface area contributed by atoms with E-state index in [9.17, 15) is 0 Å². The Hall–Kier alpha value is -1.61. The minimum absolute atomic E-state index is 0.110. The molecule has 1 atom stereocenters. The van der Waals surface area contributed by atoms with E-state index in [-0.39, 0.29) is 26.6 Å². The van der Waals surface area contributed by atoms with Crippen LogP contribution in [0.4, 0.5) is 0 Å². The highest BCUT2D eigenvalue weighted by molar-refractivity contribution is 5.27. The van der Waals surface area contributed by atoms with Crippen molar-refractivity contribution in [2.75, 3.05) is 0 Å². The molecule has 0 radical (unpaired) electrons. The maximum Gasteiger partial charge on any atom is 0.357 e. The van der Waals surface area contributed by atoms with Crippen LogP contribution in [0.15, 0.2) is 89.1 Å². The Morgan fingerprint density at radius 2 is 1.68 bits per heavy atom. The molecule has 0 saturated carbocycles. The summed E-state index contributed by atoms with van der Waals surface area (Å²) in [7, 11) is 0. The molecule has 1 unspecified atom stereocenters. The van der Waals surface area contributed by atoms with Crippen molar-refractivity contribution in [2.45, 2.75) is 33.1 Å². The molecule has 2 rings (SSSR count). The molecule has 0 aliphatic carbocycles. The molecule has 0 fully saturated rings. The second-order valence-electron chi connectivity index (χ2n) is 6.91. The Labute approximate surface area is 163 Å². The number of halogens is 1. The molecule has 0 amide bonds. The van der Waals surface area contributed by atoms with Crippen LogP contribution in [0, 0.1) is 16.4 Å². The Balaban J connectivity index is 2.14. The molecule has 25 heavy (non-hydrogen) atoms. The molecule has 0 nitrogen and oxygen atoms in total. The molecule has 2 aromatic carbocycles. The SMILES string of the molecule is C=C/C=C(\C=C/C(C)C(C)(C)c1ccccc1)[I+]c1ccc(C)cc1. The second-order valence-corrected chi connectivity index (χ2v) is 9.94. The van der Waals surface area contributed by atoms with E-state index in [1.165, 1.54) is 18.3 Å². The summed E-state index contributed by atoms with van der Waals surface area (Å²) < 4.78 is 2.84. The van der Waals surface area contributed by atoms with Gasteiger partial charge in [0.15, 0.2) is 7.15 Å². The standard InChI is InChI=1S/C24H28I/c1-6-10-22(25-23-16-13-19(2)14-17-23)18-15-20(3)24(4,5)21-11-8-7-9-12-21/h6-18,20H,1H2,2-5H3/q+1/b18-15-,22-10+. The van der Waals surface area contributed by atoms with Crippen LogP contribution in [0.2, 0.25) is 0 Å². The maximum atomic E-state index is 3.89. The number of allylic oxidation sites excluding steroid dienone is 5. The fourth-order valence-corrected chi connectivity index (χ4v) is 4.82. The van der Waals surface area contributed by atoms with Gasteiger partial charge in [-0.2, -0.15) is 0 Å². The predicted molar refractivity (Wildman–Crippen MR) is 106 cm³/mol. The first-order valence-electron chi connectivity index (χ1n) is 8.71. The summed E-state index contributed by atoms with van der Waals surface area (Å²) in [5.74, 6) is 0.449. The van der Waals surface area contributed by atoms with Crippen LogP contribution < -0.4 is 21.2 Å². The quantitative estimate of drug-likeness (QED) is 0.454. The van der Waals surface area contributed by atoms with Crippen LogP contribution >= 0.6 is 0 Å². The Kier molecular flexibility index (Phi) is 7.24. The lowest BCUT2D eigenvalue weighted by Crippen LogP contribution is -3.60. The fraction of sp³-hybridized carbons (Fsp3) is 0.250. The van der Waals surface area contributed by atoms with Gasteiger partial charge in [0.25, 0.3) is 0 Å². The van der Waals surface area contributed by atoms with Gasteiger partial charge < -0.3 is 0 Å². The third-order valence-corrected chi connectivity index (χ3v) is 7.39. The molecule has 0 heterocycles. The van der Waals surface area contributed by atoms with E-state index in [0.29, 0.717) is 5.92 Å². The highest BCUT2D eigenvalue weighted by atomic mass is 127. The van der Waals surface area contributed by atoms with Crippen molar-refractivity contribution in [3.05, 3.63) is 104 Å². The molecule has 0 N–H and O–H groups in total. The first kappa shape index (κ1) is 19.7. The predicted octanol–water partition coefficient (Wildman–Crippen LogP) is 3.49. The van der Waals surface area contributed by atoms with Crippen LogP contribution in [0.5, 0.6) is 0 Å². The number of hydrogen-bond donors (Lipinski definition) is 0. The third-order valence-electron chi connectivity index (χ3n) is 4.71. The van der Waals surface area contributed by atoms with E-state index in [1.54, 1.807) is 0 Å². The lowest BCUT2D eigenvalue weighted by Gasteiger charge is -2.30. The van der Waals surface area contributed by atoms with Crippen molar-refractivity contribution >= 4 is 0 Å². The van der Waals surface area contributed by atoms with Crippen LogP contribution in [-0.4, -0.2) is 0 Å². The molecular formula is C24H28I+. The molecule has 0 bridgehead atoms. The summed E-state index contributed by atoms with van der Waals surface area (Å²) in [6.45, 7) is 13.0. The molecule has 1 heteroatoms. The van der Waals surface area contributed by atoms with Gasteiger partial charge in [-0.25, -0.2) is 0 Å². The minimum atomic E-state index is -0.179. The van der Waals surface area contributed by atoms with Crippen molar-refractivity contribution in [2.24, 2.45) is 5.92 Å². The van der Waals surface area contributed by atoms with E-state index in [0.717, 1.165) is 0 Å². The zero-order valence-electron chi connectivity index (χ0n) is 15.7. The summed E-state index contributed by atoms with van der Waals surface area (Å²) in [5.41, 5.74) is 2.81. The fourth-order valence-electron chi connectivity index (χ4n) is 2.56. The van der Waals surface area contributed by atoms with Crippen molar-refractivity contribution in [3.8, 4) is 0 Å². The summed E-state index contributed by atoms with van der Waals surface area (Å²) in [6, 6.07) is 19.7. The first-order chi connectivity index (χ1) is 11.9. The van der Waals surface area contributed by atoms with Crippen LogP contribution in [0.1, 0.15) is 31.9 Å². The summed E-state index contributed by atoms with van der Waals surface area (Å²) in [4.78, 5) is 0. The first-order valence-corrected chi connectivity index (χ1v) is 10.9. The van der Waals surface area contributed by atoms with Gasteiger partial charge in [0.1, 0.15) is 0 Å². The van der Waals surface area contributed by atoms with E-state index < -0.39 is 0 Å². The number of hydrogen-bond acceptors (Lipinski definition) is 0. The Morgan fingerprint density at radius 3 is 2.28 bits per heavy atom. The van der Waals surface area contributed by atoms with E-state index >= 15 is 0 Å². The van der Waals surface area contributed by atoms with Crippen LogP contribution in [-0.2, 0) is 5.41 Å². The van der Waals surface area contributed by atoms with Gasteiger partial charge in [-0.05, 0) is 48.1 Å². The molecule has 0 spiro atoms. The number of benzene rings is 2. The van der Waals surface area contributed by atoms with Crippen LogP contribution in [0.25, 0.3) is 0 Å². The van der Waals surface area contributed by atoms with Crippen molar-refractivity contribution in [1.82, 2.24) is 0 Å². The molecule has 0 aromatic heterocycles. The largest absolute Gasteiger partial charge is 0.357 e. The maximum absolute atomic E-state index is 3.89.